The molecular weight excluding hydrogens is 382 g/mol. The summed E-state index contributed by atoms with van der Waals surface area (Å²) in [6, 6.07) is 14.5. The Morgan fingerprint density at radius 1 is 1.19 bits per heavy atom. The molecule has 0 unspecified atom stereocenters. The highest BCUT2D eigenvalue weighted by Gasteiger charge is 2.08. The van der Waals surface area contributed by atoms with Crippen LogP contribution in [0.4, 0.5) is 5.69 Å². The number of hydrogen-bond acceptors (Lipinski definition) is 4. The van der Waals surface area contributed by atoms with Crippen LogP contribution in [0.15, 0.2) is 60.1 Å². The fraction of sp³-hybridized carbons (Fsp3) is 0.100. The lowest BCUT2D eigenvalue weighted by Gasteiger charge is -2.08. The number of carbonyl (C=O) groups is 1. The van der Waals surface area contributed by atoms with Gasteiger partial charge in [-0.3, -0.25) is 9.20 Å². The molecule has 2 aromatic heterocycles. The van der Waals surface area contributed by atoms with Crippen LogP contribution < -0.4 is 10.1 Å². The molecule has 0 atom stereocenters. The first kappa shape index (κ1) is 17.6. The molecule has 0 radical (unpaired) electrons. The van der Waals surface area contributed by atoms with E-state index in [0.29, 0.717) is 16.5 Å². The van der Waals surface area contributed by atoms with Crippen LogP contribution in [-0.2, 0) is 4.79 Å². The van der Waals surface area contributed by atoms with Crippen LogP contribution in [0.25, 0.3) is 16.2 Å². The third-order valence-electron chi connectivity index (χ3n) is 4.04. The SMILES string of the molecule is Cc1csc2nc(-c3ccc(NC(=O)COc4ccc(Cl)cc4)cc3)cn12. The predicted molar refractivity (Wildman–Crippen MR) is 109 cm³/mol. The molecule has 0 aliphatic heterocycles. The van der Waals surface area contributed by atoms with E-state index in [1.165, 1.54) is 5.69 Å². The predicted octanol–water partition coefficient (Wildman–Crippen LogP) is 5.04. The zero-order chi connectivity index (χ0) is 18.8. The van der Waals surface area contributed by atoms with Crippen molar-refractivity contribution in [2.24, 2.45) is 0 Å². The number of anilines is 1. The van der Waals surface area contributed by atoms with Gasteiger partial charge in [0.15, 0.2) is 11.6 Å². The summed E-state index contributed by atoms with van der Waals surface area (Å²) in [5.41, 5.74) is 3.79. The van der Waals surface area contributed by atoms with E-state index in [2.05, 4.69) is 27.0 Å². The van der Waals surface area contributed by atoms with Crippen molar-refractivity contribution in [3.8, 4) is 17.0 Å². The van der Waals surface area contributed by atoms with E-state index in [-0.39, 0.29) is 12.5 Å². The highest BCUT2D eigenvalue weighted by molar-refractivity contribution is 7.15. The maximum Gasteiger partial charge on any atom is 0.262 e. The van der Waals surface area contributed by atoms with Gasteiger partial charge in [0.25, 0.3) is 5.91 Å². The fourth-order valence-electron chi connectivity index (χ4n) is 2.63. The van der Waals surface area contributed by atoms with Crippen molar-refractivity contribution in [1.29, 1.82) is 0 Å². The average Bonchev–Trinajstić information content (AvgIpc) is 3.24. The molecule has 0 fully saturated rings. The maximum absolute atomic E-state index is 12.1. The summed E-state index contributed by atoms with van der Waals surface area (Å²) in [5, 5.41) is 5.52. The summed E-state index contributed by atoms with van der Waals surface area (Å²) in [6.07, 6.45) is 2.02. The first-order chi connectivity index (χ1) is 13.1. The number of hydrogen-bond donors (Lipinski definition) is 1. The lowest BCUT2D eigenvalue weighted by atomic mass is 10.1. The van der Waals surface area contributed by atoms with Crippen LogP contribution in [-0.4, -0.2) is 21.9 Å². The molecule has 4 aromatic rings. The minimum Gasteiger partial charge on any atom is -0.484 e. The minimum atomic E-state index is -0.226. The van der Waals surface area contributed by atoms with Crippen molar-refractivity contribution < 1.29 is 9.53 Å². The van der Waals surface area contributed by atoms with Crippen LogP contribution >= 0.6 is 22.9 Å². The Bertz CT molecular complexity index is 1080. The molecule has 7 heteroatoms. The number of fused-ring (bicyclic) bond motifs is 1. The van der Waals surface area contributed by atoms with Gasteiger partial charge >= 0.3 is 0 Å². The molecule has 1 amide bonds. The fourth-order valence-corrected chi connectivity index (χ4v) is 3.61. The zero-order valence-corrected chi connectivity index (χ0v) is 16.1. The normalized spacial score (nSPS) is 10.9. The summed E-state index contributed by atoms with van der Waals surface area (Å²) in [4.78, 5) is 17.7. The second kappa shape index (κ2) is 7.42. The zero-order valence-electron chi connectivity index (χ0n) is 14.5. The quantitative estimate of drug-likeness (QED) is 0.513. The van der Waals surface area contributed by atoms with Crippen molar-refractivity contribution in [3.63, 3.8) is 0 Å². The Hall–Kier alpha value is -2.83. The van der Waals surface area contributed by atoms with E-state index in [9.17, 15) is 4.79 Å². The number of halogens is 1. The van der Waals surface area contributed by atoms with Crippen LogP contribution in [0, 0.1) is 6.92 Å². The van der Waals surface area contributed by atoms with Crippen molar-refractivity contribution >= 4 is 39.5 Å². The standard InChI is InChI=1S/C20H16ClN3O2S/c1-13-12-27-20-23-18(10-24(13)20)14-2-6-16(7-3-14)22-19(25)11-26-17-8-4-15(21)5-9-17/h2-10,12H,11H2,1H3,(H,22,25). The Balaban J connectivity index is 1.38. The van der Waals surface area contributed by atoms with E-state index in [0.717, 1.165) is 16.2 Å². The summed E-state index contributed by atoms with van der Waals surface area (Å²) < 4.78 is 7.51. The Labute approximate surface area is 165 Å². The van der Waals surface area contributed by atoms with Crippen molar-refractivity contribution in [3.05, 3.63) is 70.8 Å². The number of nitrogens with zero attached hydrogens (tertiary/aromatic N) is 2. The van der Waals surface area contributed by atoms with Gasteiger partial charge in [0.1, 0.15) is 5.75 Å². The molecule has 2 heterocycles. The minimum absolute atomic E-state index is 0.0695. The van der Waals surface area contributed by atoms with Gasteiger partial charge < -0.3 is 10.1 Å². The molecule has 0 saturated heterocycles. The number of thiazole rings is 1. The van der Waals surface area contributed by atoms with Crippen LogP contribution in [0.3, 0.4) is 0 Å². The Morgan fingerprint density at radius 2 is 1.93 bits per heavy atom. The van der Waals surface area contributed by atoms with Gasteiger partial charge in [-0.1, -0.05) is 23.7 Å². The first-order valence-corrected chi connectivity index (χ1v) is 9.56. The summed E-state index contributed by atoms with van der Waals surface area (Å²) >= 11 is 7.44. The van der Waals surface area contributed by atoms with Crippen molar-refractivity contribution in [2.75, 3.05) is 11.9 Å². The van der Waals surface area contributed by atoms with Gasteiger partial charge in [-0.15, -0.1) is 11.3 Å². The van der Waals surface area contributed by atoms with Gasteiger partial charge in [-0.05, 0) is 43.3 Å². The first-order valence-electron chi connectivity index (χ1n) is 8.30. The number of rotatable bonds is 5. The van der Waals surface area contributed by atoms with Crippen molar-refractivity contribution in [2.45, 2.75) is 6.92 Å². The molecule has 0 saturated carbocycles. The third kappa shape index (κ3) is 3.97. The maximum atomic E-state index is 12.1. The molecule has 0 spiro atoms. The van der Waals surface area contributed by atoms with E-state index in [4.69, 9.17) is 16.3 Å². The van der Waals surface area contributed by atoms with Crippen LogP contribution in [0.5, 0.6) is 5.75 Å². The molecule has 1 N–H and O–H groups in total. The number of aryl methyl sites for hydroxylation is 1. The second-order valence-electron chi connectivity index (χ2n) is 6.02. The number of carbonyl (C=O) groups excluding carboxylic acids is 1. The number of amides is 1. The molecule has 136 valence electrons. The Kier molecular flexibility index (Phi) is 4.83. The molecule has 4 rings (SSSR count). The molecule has 0 aliphatic carbocycles. The molecular formula is C20H16ClN3O2S. The van der Waals surface area contributed by atoms with Gasteiger partial charge in [0.05, 0.1) is 5.69 Å². The Morgan fingerprint density at radius 3 is 2.63 bits per heavy atom. The number of nitrogens with one attached hydrogen (secondary N) is 1. The number of imidazole rings is 1. The van der Waals surface area contributed by atoms with E-state index in [1.807, 2.05) is 30.5 Å². The van der Waals surface area contributed by atoms with Crippen LogP contribution in [0.1, 0.15) is 5.69 Å². The van der Waals surface area contributed by atoms with Gasteiger partial charge in [0, 0.05) is 33.5 Å². The topological polar surface area (TPSA) is 55.6 Å². The molecule has 2 aromatic carbocycles. The average molecular weight is 398 g/mol. The van der Waals surface area contributed by atoms with E-state index >= 15 is 0 Å². The molecule has 5 nitrogen and oxygen atoms in total. The highest BCUT2D eigenvalue weighted by Crippen LogP contribution is 2.24. The highest BCUT2D eigenvalue weighted by atomic mass is 35.5. The summed E-state index contributed by atoms with van der Waals surface area (Å²) in [7, 11) is 0. The summed E-state index contributed by atoms with van der Waals surface area (Å²) in [5.74, 6) is 0.371. The molecule has 27 heavy (non-hydrogen) atoms. The lowest BCUT2D eigenvalue weighted by Crippen LogP contribution is -2.20. The smallest absolute Gasteiger partial charge is 0.262 e. The second-order valence-corrected chi connectivity index (χ2v) is 7.30. The molecule has 0 aliphatic rings. The van der Waals surface area contributed by atoms with Gasteiger partial charge in [0.2, 0.25) is 0 Å². The van der Waals surface area contributed by atoms with Gasteiger partial charge in [-0.25, -0.2) is 4.98 Å². The van der Waals surface area contributed by atoms with E-state index in [1.54, 1.807) is 35.6 Å². The van der Waals surface area contributed by atoms with Crippen molar-refractivity contribution in [1.82, 2.24) is 9.38 Å². The number of aromatic nitrogens is 2. The monoisotopic (exact) mass is 397 g/mol. The van der Waals surface area contributed by atoms with E-state index < -0.39 is 0 Å². The summed E-state index contributed by atoms with van der Waals surface area (Å²) in [6.45, 7) is 1.99. The number of ether oxygens (including phenoxy) is 1. The van der Waals surface area contributed by atoms with Gasteiger partial charge in [-0.2, -0.15) is 0 Å². The number of benzene rings is 2. The third-order valence-corrected chi connectivity index (χ3v) is 5.25. The molecule has 0 bridgehead atoms. The van der Waals surface area contributed by atoms with Crippen LogP contribution in [0.2, 0.25) is 5.02 Å². The largest absolute Gasteiger partial charge is 0.484 e. The lowest BCUT2D eigenvalue weighted by molar-refractivity contribution is -0.118.